The minimum atomic E-state index is -5.32. The van der Waals surface area contributed by atoms with Gasteiger partial charge in [0.15, 0.2) is 5.69 Å². The van der Waals surface area contributed by atoms with Crippen molar-refractivity contribution in [3.63, 3.8) is 0 Å². The number of fused-ring (bicyclic) bond motifs is 2. The van der Waals surface area contributed by atoms with Crippen LogP contribution in [0, 0.1) is 0 Å². The SMILES string of the molecule is CN1C(=O)C2(CCNCC2)c2c(Cl)cc(-c3nc(C(=O)OC(=O)C(F)(F)F)co3)cc21. The summed E-state index contributed by atoms with van der Waals surface area (Å²) in [6, 6.07) is 3.12. The number of carbonyl (C=O) groups excluding carboxylic acids is 3. The lowest BCUT2D eigenvalue weighted by Crippen LogP contribution is -2.46. The van der Waals surface area contributed by atoms with Crippen LogP contribution in [0.25, 0.3) is 11.5 Å². The molecule has 0 unspecified atom stereocenters. The summed E-state index contributed by atoms with van der Waals surface area (Å²) in [6.45, 7) is 1.33. The maximum atomic E-state index is 13.0. The smallest absolute Gasteiger partial charge is 0.444 e. The zero-order chi connectivity index (χ0) is 22.6. The molecule has 2 aromatic rings. The predicted molar refractivity (Wildman–Crippen MR) is 101 cm³/mol. The molecule has 1 fully saturated rings. The molecule has 2 aliphatic rings. The first-order valence-corrected chi connectivity index (χ1v) is 9.54. The van der Waals surface area contributed by atoms with Crippen molar-refractivity contribution >= 4 is 35.1 Å². The van der Waals surface area contributed by atoms with Gasteiger partial charge in [0.1, 0.15) is 6.26 Å². The molecule has 8 nitrogen and oxygen atoms in total. The summed E-state index contributed by atoms with van der Waals surface area (Å²) in [5, 5.41) is 3.52. The second-order valence-electron chi connectivity index (χ2n) is 7.26. The summed E-state index contributed by atoms with van der Waals surface area (Å²) in [5.41, 5.74) is 0.214. The number of nitrogens with zero attached hydrogens (tertiary/aromatic N) is 2. The third-order valence-corrected chi connectivity index (χ3v) is 5.76. The first-order chi connectivity index (χ1) is 14.5. The number of oxazole rings is 1. The van der Waals surface area contributed by atoms with Crippen molar-refractivity contribution in [1.29, 1.82) is 0 Å². The van der Waals surface area contributed by atoms with Crippen molar-refractivity contribution < 1.29 is 36.7 Å². The molecule has 1 aromatic carbocycles. The van der Waals surface area contributed by atoms with Gasteiger partial charge in [0, 0.05) is 28.9 Å². The molecular weight excluding hydrogens is 443 g/mol. The Morgan fingerprint density at radius 2 is 1.97 bits per heavy atom. The summed E-state index contributed by atoms with van der Waals surface area (Å²) in [4.78, 5) is 40.9. The summed E-state index contributed by atoms with van der Waals surface area (Å²) in [6.07, 6.45) is -3.38. The zero-order valence-corrected chi connectivity index (χ0v) is 16.8. The number of esters is 2. The number of amides is 1. The van der Waals surface area contributed by atoms with Crippen LogP contribution in [0.3, 0.4) is 0 Å². The molecule has 164 valence electrons. The molecular formula is C19H15ClF3N3O5. The maximum Gasteiger partial charge on any atom is 0.491 e. The molecule has 31 heavy (non-hydrogen) atoms. The lowest BCUT2D eigenvalue weighted by atomic mass is 9.74. The van der Waals surface area contributed by atoms with Crippen LogP contribution in [-0.4, -0.2) is 49.1 Å². The number of carbonyl (C=O) groups is 3. The molecule has 0 aliphatic carbocycles. The molecule has 0 bridgehead atoms. The van der Waals surface area contributed by atoms with Crippen molar-refractivity contribution in [2.75, 3.05) is 25.0 Å². The van der Waals surface area contributed by atoms with Gasteiger partial charge in [-0.05, 0) is 38.1 Å². The fraction of sp³-hybridized carbons (Fsp3) is 0.368. The fourth-order valence-corrected chi connectivity index (χ4v) is 4.40. The highest BCUT2D eigenvalue weighted by Gasteiger charge is 2.51. The Balaban J connectivity index is 1.66. The molecule has 0 radical (unpaired) electrons. The van der Waals surface area contributed by atoms with Gasteiger partial charge in [-0.25, -0.2) is 14.6 Å². The van der Waals surface area contributed by atoms with Gasteiger partial charge < -0.3 is 19.4 Å². The standard InChI is InChI=1S/C19H15ClF3N3O5/c1-26-12-7-9(6-10(20)13(12)18(16(26)28)2-4-24-5-3-18)14-25-11(8-30-14)15(27)31-17(29)19(21,22)23/h6-8,24H,2-5H2,1H3. The molecule has 0 atom stereocenters. The van der Waals surface area contributed by atoms with Crippen molar-refractivity contribution in [2.24, 2.45) is 0 Å². The highest BCUT2D eigenvalue weighted by Crippen LogP contribution is 2.51. The molecule has 2 aliphatic heterocycles. The van der Waals surface area contributed by atoms with E-state index in [-0.39, 0.29) is 11.8 Å². The van der Waals surface area contributed by atoms with E-state index in [9.17, 15) is 27.6 Å². The third kappa shape index (κ3) is 3.47. The Kier molecular flexibility index (Phi) is 5.05. The van der Waals surface area contributed by atoms with E-state index >= 15 is 0 Å². The summed E-state index contributed by atoms with van der Waals surface area (Å²) >= 11 is 6.54. The number of likely N-dealkylation sites (N-methyl/N-ethyl adjacent to an activating group) is 1. The minimum Gasteiger partial charge on any atom is -0.444 e. The van der Waals surface area contributed by atoms with Gasteiger partial charge in [0.25, 0.3) is 0 Å². The van der Waals surface area contributed by atoms with E-state index in [1.54, 1.807) is 13.1 Å². The Bertz CT molecular complexity index is 1090. The highest BCUT2D eigenvalue weighted by molar-refractivity contribution is 6.33. The predicted octanol–water partition coefficient (Wildman–Crippen LogP) is 2.84. The molecule has 1 N–H and O–H groups in total. The summed E-state index contributed by atoms with van der Waals surface area (Å²) in [5.74, 6) is -4.48. The van der Waals surface area contributed by atoms with E-state index in [1.807, 2.05) is 0 Å². The van der Waals surface area contributed by atoms with Gasteiger partial charge in [0.05, 0.1) is 5.41 Å². The zero-order valence-electron chi connectivity index (χ0n) is 16.0. The van der Waals surface area contributed by atoms with Crippen molar-refractivity contribution in [3.05, 3.63) is 34.7 Å². The average molecular weight is 458 g/mol. The Morgan fingerprint density at radius 1 is 1.29 bits per heavy atom. The lowest BCUT2D eigenvalue weighted by Gasteiger charge is -2.33. The fourth-order valence-electron chi connectivity index (χ4n) is 4.00. The van der Waals surface area contributed by atoms with Crippen LogP contribution in [0.5, 0.6) is 0 Å². The van der Waals surface area contributed by atoms with Gasteiger partial charge in [-0.15, -0.1) is 0 Å². The van der Waals surface area contributed by atoms with E-state index in [0.717, 1.165) is 6.26 Å². The third-order valence-electron chi connectivity index (χ3n) is 5.46. The normalized spacial score (nSPS) is 17.7. The van der Waals surface area contributed by atoms with E-state index in [1.165, 1.54) is 11.0 Å². The van der Waals surface area contributed by atoms with Crippen LogP contribution in [0.15, 0.2) is 22.8 Å². The number of rotatable bonds is 2. The van der Waals surface area contributed by atoms with E-state index < -0.39 is 29.2 Å². The van der Waals surface area contributed by atoms with E-state index in [4.69, 9.17) is 16.0 Å². The topological polar surface area (TPSA) is 102 Å². The van der Waals surface area contributed by atoms with Crippen LogP contribution < -0.4 is 10.2 Å². The second-order valence-corrected chi connectivity index (χ2v) is 7.67. The van der Waals surface area contributed by atoms with E-state index in [2.05, 4.69) is 15.0 Å². The largest absolute Gasteiger partial charge is 0.491 e. The molecule has 1 amide bonds. The van der Waals surface area contributed by atoms with Crippen LogP contribution in [0.1, 0.15) is 28.9 Å². The monoisotopic (exact) mass is 457 g/mol. The van der Waals surface area contributed by atoms with Crippen molar-refractivity contribution in [1.82, 2.24) is 10.3 Å². The van der Waals surface area contributed by atoms with Crippen LogP contribution >= 0.6 is 11.6 Å². The second kappa shape index (κ2) is 7.34. The number of benzene rings is 1. The number of hydrogen-bond acceptors (Lipinski definition) is 7. The number of ether oxygens (including phenoxy) is 1. The van der Waals surface area contributed by atoms with Gasteiger partial charge in [-0.1, -0.05) is 11.6 Å². The highest BCUT2D eigenvalue weighted by atomic mass is 35.5. The van der Waals surface area contributed by atoms with Gasteiger partial charge in [0.2, 0.25) is 11.8 Å². The van der Waals surface area contributed by atoms with Crippen LogP contribution in [0.2, 0.25) is 5.02 Å². The van der Waals surface area contributed by atoms with Crippen molar-refractivity contribution in [2.45, 2.75) is 24.4 Å². The number of aromatic nitrogens is 1. The molecule has 1 saturated heterocycles. The molecule has 1 spiro atoms. The number of anilines is 1. The number of piperidine rings is 1. The number of nitrogens with one attached hydrogen (secondary N) is 1. The quantitative estimate of drug-likeness (QED) is 0.546. The first kappa shape index (κ1) is 21.3. The molecule has 0 saturated carbocycles. The summed E-state index contributed by atoms with van der Waals surface area (Å²) in [7, 11) is 1.62. The maximum absolute atomic E-state index is 13.0. The average Bonchev–Trinajstić information content (AvgIpc) is 3.28. The molecule has 12 heteroatoms. The lowest BCUT2D eigenvalue weighted by molar-refractivity contribution is -0.193. The van der Waals surface area contributed by atoms with Gasteiger partial charge in [-0.2, -0.15) is 13.2 Å². The number of alkyl halides is 3. The Morgan fingerprint density at radius 3 is 2.61 bits per heavy atom. The molecule has 4 rings (SSSR count). The van der Waals surface area contributed by atoms with E-state index in [0.29, 0.717) is 47.8 Å². The molecule has 1 aromatic heterocycles. The first-order valence-electron chi connectivity index (χ1n) is 9.17. The van der Waals surface area contributed by atoms with Gasteiger partial charge >= 0.3 is 18.1 Å². The number of halogens is 4. The van der Waals surface area contributed by atoms with Crippen LogP contribution in [0.4, 0.5) is 18.9 Å². The summed E-state index contributed by atoms with van der Waals surface area (Å²) < 4.78 is 45.7. The van der Waals surface area contributed by atoms with Crippen LogP contribution in [-0.2, 0) is 19.7 Å². The minimum absolute atomic E-state index is 0.0783. The number of hydrogen-bond donors (Lipinski definition) is 1. The Labute approximate surface area is 178 Å². The Hall–Kier alpha value is -2.92. The van der Waals surface area contributed by atoms with Crippen molar-refractivity contribution in [3.8, 4) is 11.5 Å². The molecule has 3 heterocycles. The van der Waals surface area contributed by atoms with Gasteiger partial charge in [-0.3, -0.25) is 4.79 Å².